The second-order valence-electron chi connectivity index (χ2n) is 5.12. The second-order valence-corrected chi connectivity index (χ2v) is 7.30. The van der Waals surface area contributed by atoms with Crippen molar-refractivity contribution >= 4 is 21.8 Å². The summed E-state index contributed by atoms with van der Waals surface area (Å²) < 4.78 is 22.4. The molecular weight excluding hydrogens is 300 g/mol. The number of H-pyrrole nitrogens is 1. The van der Waals surface area contributed by atoms with Gasteiger partial charge >= 0.3 is 0 Å². The van der Waals surface area contributed by atoms with Gasteiger partial charge in [-0.05, 0) is 44.7 Å². The zero-order chi connectivity index (χ0) is 16.8. The van der Waals surface area contributed by atoms with E-state index in [0.29, 0.717) is 5.57 Å². The van der Waals surface area contributed by atoms with Crippen LogP contribution in [0.1, 0.15) is 23.9 Å². The van der Waals surface area contributed by atoms with E-state index in [4.69, 9.17) is 0 Å². The number of carbonyl (C=O) groups is 1. The van der Waals surface area contributed by atoms with Crippen molar-refractivity contribution in [2.45, 2.75) is 20.8 Å². The Hall–Kier alpha value is -2.08. The van der Waals surface area contributed by atoms with Gasteiger partial charge < -0.3 is 10.3 Å². The molecule has 0 spiro atoms. The fourth-order valence-corrected chi connectivity index (χ4v) is 2.28. The Balaban J connectivity index is 3.10. The first-order chi connectivity index (χ1) is 10.2. The lowest BCUT2D eigenvalue weighted by atomic mass is 10.1. The third-order valence-corrected chi connectivity index (χ3v) is 3.63. The van der Waals surface area contributed by atoms with Gasteiger partial charge in [0.05, 0.1) is 5.75 Å². The van der Waals surface area contributed by atoms with Crippen LogP contribution in [-0.4, -0.2) is 31.3 Å². The molecular formula is C16H22N2O3S. The Morgan fingerprint density at radius 2 is 2.05 bits per heavy atom. The van der Waals surface area contributed by atoms with Crippen LogP contribution in [0.15, 0.2) is 36.1 Å². The van der Waals surface area contributed by atoms with Gasteiger partial charge in [0.1, 0.15) is 0 Å². The minimum absolute atomic E-state index is 0.107. The second kappa shape index (κ2) is 7.79. The summed E-state index contributed by atoms with van der Waals surface area (Å²) in [4.78, 5) is 15.3. The summed E-state index contributed by atoms with van der Waals surface area (Å²) in [6, 6.07) is 1.98. The number of nitrogens with one attached hydrogen (secondary N) is 2. The van der Waals surface area contributed by atoms with E-state index in [9.17, 15) is 13.2 Å². The molecule has 0 aromatic carbocycles. The van der Waals surface area contributed by atoms with Crippen molar-refractivity contribution in [3.8, 4) is 0 Å². The van der Waals surface area contributed by atoms with Crippen LogP contribution in [0, 0.1) is 13.8 Å². The quantitative estimate of drug-likeness (QED) is 0.623. The van der Waals surface area contributed by atoms with Crippen molar-refractivity contribution in [3.63, 3.8) is 0 Å². The predicted molar refractivity (Wildman–Crippen MR) is 90.1 cm³/mol. The Morgan fingerprint density at radius 3 is 2.55 bits per heavy atom. The fourth-order valence-electron chi connectivity index (χ4n) is 1.84. The van der Waals surface area contributed by atoms with Crippen LogP contribution in [-0.2, 0) is 14.6 Å². The van der Waals surface area contributed by atoms with Crippen LogP contribution in [0.2, 0.25) is 0 Å². The largest absolute Gasteiger partial charge is 0.359 e. The molecule has 0 aliphatic heterocycles. The SMILES string of the molecule is C/C=C/NC(=O)C(=C\c1[nH]c(C)cc1C)/C=C/CS(C)(=O)=O. The molecule has 1 heterocycles. The third-order valence-electron chi connectivity index (χ3n) is 2.83. The highest BCUT2D eigenvalue weighted by Crippen LogP contribution is 2.14. The zero-order valence-corrected chi connectivity index (χ0v) is 14.1. The van der Waals surface area contributed by atoms with Gasteiger partial charge in [0.15, 0.2) is 9.84 Å². The Labute approximate surface area is 131 Å². The summed E-state index contributed by atoms with van der Waals surface area (Å²) in [5.41, 5.74) is 3.22. The van der Waals surface area contributed by atoms with E-state index in [-0.39, 0.29) is 11.7 Å². The summed E-state index contributed by atoms with van der Waals surface area (Å²) in [6.45, 7) is 5.67. The molecule has 1 rings (SSSR count). The number of hydrogen-bond acceptors (Lipinski definition) is 3. The van der Waals surface area contributed by atoms with Gasteiger partial charge in [0, 0.05) is 23.2 Å². The molecule has 6 heteroatoms. The lowest BCUT2D eigenvalue weighted by molar-refractivity contribution is -0.116. The lowest BCUT2D eigenvalue weighted by Crippen LogP contribution is -2.18. The average Bonchev–Trinajstić information content (AvgIpc) is 2.71. The summed E-state index contributed by atoms with van der Waals surface area (Å²) in [7, 11) is -3.11. The van der Waals surface area contributed by atoms with Gasteiger partial charge in [-0.15, -0.1) is 0 Å². The number of rotatable bonds is 6. The highest BCUT2D eigenvalue weighted by atomic mass is 32.2. The van der Waals surface area contributed by atoms with Crippen LogP contribution in [0.5, 0.6) is 0 Å². The van der Waals surface area contributed by atoms with Gasteiger partial charge in [-0.25, -0.2) is 8.42 Å². The minimum atomic E-state index is -3.11. The topological polar surface area (TPSA) is 79.0 Å². The third kappa shape index (κ3) is 6.13. The Kier molecular flexibility index (Phi) is 6.37. The van der Waals surface area contributed by atoms with Crippen LogP contribution in [0.3, 0.4) is 0 Å². The van der Waals surface area contributed by atoms with E-state index in [1.165, 1.54) is 18.4 Å². The first kappa shape index (κ1) is 18.0. The number of aryl methyl sites for hydroxylation is 2. The van der Waals surface area contributed by atoms with Crippen molar-refractivity contribution in [2.75, 3.05) is 12.0 Å². The van der Waals surface area contributed by atoms with Crippen LogP contribution in [0.25, 0.3) is 6.08 Å². The number of hydrogen-bond donors (Lipinski definition) is 2. The molecule has 0 saturated carbocycles. The van der Waals surface area contributed by atoms with Crippen molar-refractivity contribution in [1.82, 2.24) is 10.3 Å². The average molecular weight is 322 g/mol. The molecule has 0 atom stereocenters. The molecule has 120 valence electrons. The molecule has 0 unspecified atom stereocenters. The number of allylic oxidation sites excluding steroid dienone is 1. The highest BCUT2D eigenvalue weighted by Gasteiger charge is 2.08. The van der Waals surface area contributed by atoms with Crippen LogP contribution in [0.4, 0.5) is 0 Å². The molecule has 2 N–H and O–H groups in total. The van der Waals surface area contributed by atoms with Crippen LogP contribution >= 0.6 is 0 Å². The Bertz CT molecular complexity index is 723. The van der Waals surface area contributed by atoms with E-state index in [2.05, 4.69) is 10.3 Å². The van der Waals surface area contributed by atoms with Crippen molar-refractivity contribution in [3.05, 3.63) is 53.0 Å². The maximum absolute atomic E-state index is 12.1. The molecule has 1 aromatic heterocycles. The summed E-state index contributed by atoms with van der Waals surface area (Å²) >= 11 is 0. The number of amides is 1. The monoisotopic (exact) mass is 322 g/mol. The molecule has 0 saturated heterocycles. The first-order valence-corrected chi connectivity index (χ1v) is 8.93. The Morgan fingerprint density at radius 1 is 1.36 bits per heavy atom. The van der Waals surface area contributed by atoms with Crippen molar-refractivity contribution in [2.24, 2.45) is 0 Å². The first-order valence-electron chi connectivity index (χ1n) is 6.87. The number of aromatic amines is 1. The zero-order valence-electron chi connectivity index (χ0n) is 13.3. The van der Waals surface area contributed by atoms with E-state index in [1.807, 2.05) is 19.9 Å². The molecule has 0 fully saturated rings. The molecule has 5 nitrogen and oxygen atoms in total. The smallest absolute Gasteiger partial charge is 0.255 e. The van der Waals surface area contributed by atoms with E-state index >= 15 is 0 Å². The summed E-state index contributed by atoms with van der Waals surface area (Å²) in [6.07, 6.45) is 9.10. The predicted octanol–water partition coefficient (Wildman–Crippen LogP) is 2.27. The normalized spacial score (nSPS) is 13.2. The summed E-state index contributed by atoms with van der Waals surface area (Å²) in [5, 5.41) is 2.62. The number of carbonyl (C=O) groups excluding carboxylic acids is 1. The van der Waals surface area contributed by atoms with E-state index < -0.39 is 9.84 Å². The molecule has 22 heavy (non-hydrogen) atoms. The molecule has 1 aromatic rings. The van der Waals surface area contributed by atoms with E-state index in [1.54, 1.807) is 19.1 Å². The molecule has 0 radical (unpaired) electrons. The van der Waals surface area contributed by atoms with Gasteiger partial charge in [0.25, 0.3) is 5.91 Å². The van der Waals surface area contributed by atoms with Gasteiger partial charge in [-0.3, -0.25) is 4.79 Å². The lowest BCUT2D eigenvalue weighted by Gasteiger charge is -2.02. The molecule has 0 aliphatic rings. The number of sulfone groups is 1. The molecule has 0 bridgehead atoms. The van der Waals surface area contributed by atoms with Gasteiger partial charge in [-0.1, -0.05) is 18.2 Å². The molecule has 0 aliphatic carbocycles. The fraction of sp³-hybridized carbons (Fsp3) is 0.312. The number of aromatic nitrogens is 1. The standard InChI is InChI=1S/C16H22N2O3S/c1-5-8-17-16(19)14(7-6-9-22(4,20)21)11-15-12(2)10-13(3)18-15/h5-8,10-11,18H,9H2,1-4H3,(H,17,19)/b7-6+,8-5+,14-11-. The van der Waals surface area contributed by atoms with Gasteiger partial charge in [-0.2, -0.15) is 0 Å². The van der Waals surface area contributed by atoms with Crippen molar-refractivity contribution in [1.29, 1.82) is 0 Å². The minimum Gasteiger partial charge on any atom is -0.359 e. The van der Waals surface area contributed by atoms with E-state index in [0.717, 1.165) is 23.2 Å². The molecule has 1 amide bonds. The van der Waals surface area contributed by atoms with Gasteiger partial charge in [0.2, 0.25) is 0 Å². The van der Waals surface area contributed by atoms with Crippen LogP contribution < -0.4 is 5.32 Å². The summed E-state index contributed by atoms with van der Waals surface area (Å²) in [5.74, 6) is -0.404. The maximum atomic E-state index is 12.1. The van der Waals surface area contributed by atoms with Crippen molar-refractivity contribution < 1.29 is 13.2 Å². The highest BCUT2D eigenvalue weighted by molar-refractivity contribution is 7.90. The maximum Gasteiger partial charge on any atom is 0.255 e.